The van der Waals surface area contributed by atoms with E-state index in [1.54, 1.807) is 22.9 Å². The van der Waals surface area contributed by atoms with Crippen molar-refractivity contribution in [3.8, 4) is 28.8 Å². The third-order valence-electron chi connectivity index (χ3n) is 5.65. The smallest absolute Gasteiger partial charge is 0.262 e. The Hall–Kier alpha value is -4.57. The van der Waals surface area contributed by atoms with Gasteiger partial charge in [0.25, 0.3) is 5.91 Å². The summed E-state index contributed by atoms with van der Waals surface area (Å²) in [5.41, 5.74) is 4.06. The van der Waals surface area contributed by atoms with Crippen molar-refractivity contribution in [1.29, 1.82) is 5.26 Å². The third-order valence-corrected chi connectivity index (χ3v) is 5.65. The minimum Gasteiger partial charge on any atom is -0.494 e. The number of hydrogen-bond acceptors (Lipinski definition) is 5. The number of nitriles is 1. The number of aromatic nitrogens is 2. The zero-order chi connectivity index (χ0) is 25.3. The molecule has 4 aromatic rings. The van der Waals surface area contributed by atoms with Crippen LogP contribution in [0.1, 0.15) is 36.7 Å². The van der Waals surface area contributed by atoms with E-state index in [0.29, 0.717) is 23.6 Å². The van der Waals surface area contributed by atoms with Crippen molar-refractivity contribution in [1.82, 2.24) is 15.1 Å². The van der Waals surface area contributed by atoms with Crippen LogP contribution in [0, 0.1) is 18.3 Å². The Labute approximate surface area is 210 Å². The van der Waals surface area contributed by atoms with Crippen molar-refractivity contribution in [2.75, 3.05) is 6.61 Å². The highest BCUT2D eigenvalue weighted by Crippen LogP contribution is 2.31. The molecule has 0 saturated heterocycles. The number of furan rings is 1. The summed E-state index contributed by atoms with van der Waals surface area (Å²) in [6, 6.07) is 21.1. The van der Waals surface area contributed by atoms with Gasteiger partial charge in [-0.05, 0) is 67.4 Å². The average molecular weight is 481 g/mol. The first-order valence-corrected chi connectivity index (χ1v) is 11.9. The van der Waals surface area contributed by atoms with Crippen LogP contribution in [0.4, 0.5) is 0 Å². The zero-order valence-corrected chi connectivity index (χ0v) is 20.4. The summed E-state index contributed by atoms with van der Waals surface area (Å²) in [7, 11) is 0. The number of para-hydroxylation sites is 1. The number of carbonyl (C=O) groups excluding carboxylic acids is 1. The fourth-order valence-electron chi connectivity index (χ4n) is 3.72. The van der Waals surface area contributed by atoms with Gasteiger partial charge in [-0.25, -0.2) is 4.68 Å². The van der Waals surface area contributed by atoms with E-state index in [0.717, 1.165) is 35.4 Å². The zero-order valence-electron chi connectivity index (χ0n) is 20.4. The highest BCUT2D eigenvalue weighted by molar-refractivity contribution is 6.02. The number of nitrogens with zero attached hydrogens (tertiary/aromatic N) is 3. The first-order chi connectivity index (χ1) is 17.6. The van der Waals surface area contributed by atoms with Gasteiger partial charge in [-0.2, -0.15) is 10.4 Å². The first kappa shape index (κ1) is 24.6. The van der Waals surface area contributed by atoms with Crippen LogP contribution in [0.5, 0.6) is 5.75 Å². The minimum atomic E-state index is -0.483. The Bertz CT molecular complexity index is 1380. The monoisotopic (exact) mass is 480 g/mol. The van der Waals surface area contributed by atoms with Crippen molar-refractivity contribution in [3.63, 3.8) is 0 Å². The van der Waals surface area contributed by atoms with Gasteiger partial charge < -0.3 is 14.5 Å². The molecule has 7 heteroatoms. The van der Waals surface area contributed by atoms with Crippen LogP contribution in [0.3, 0.4) is 0 Å². The number of ether oxygens (including phenoxy) is 1. The number of unbranched alkanes of at least 4 members (excludes halogenated alkanes) is 1. The standard InChI is InChI=1S/C29H28N4O3/c1-3-4-14-35-25-12-13-27(21(2)16-25)28-23(20-33(32-28)24-9-6-5-7-10-24)17-22(18-30)29(34)31-19-26-11-8-15-36-26/h5-13,15-17,20H,3-4,14,19H2,1-2H3,(H,31,34)/b22-17+. The molecule has 0 bridgehead atoms. The lowest BCUT2D eigenvalue weighted by atomic mass is 10.0. The van der Waals surface area contributed by atoms with Crippen LogP contribution in [0.2, 0.25) is 0 Å². The second-order valence-corrected chi connectivity index (χ2v) is 8.32. The lowest BCUT2D eigenvalue weighted by Gasteiger charge is -2.10. The molecular formula is C29H28N4O3. The molecule has 0 atom stereocenters. The molecular weight excluding hydrogens is 452 g/mol. The van der Waals surface area contributed by atoms with Crippen molar-refractivity contribution in [2.45, 2.75) is 33.2 Å². The molecule has 2 aromatic carbocycles. The maximum atomic E-state index is 12.7. The van der Waals surface area contributed by atoms with Crippen molar-refractivity contribution >= 4 is 12.0 Å². The van der Waals surface area contributed by atoms with Gasteiger partial charge in [0, 0.05) is 17.3 Å². The van der Waals surface area contributed by atoms with E-state index in [4.69, 9.17) is 14.3 Å². The fourth-order valence-corrected chi connectivity index (χ4v) is 3.72. The molecule has 0 aliphatic carbocycles. The number of nitrogens with one attached hydrogen (secondary N) is 1. The second-order valence-electron chi connectivity index (χ2n) is 8.32. The predicted molar refractivity (Wildman–Crippen MR) is 138 cm³/mol. The molecule has 0 fully saturated rings. The van der Waals surface area contributed by atoms with Crippen molar-refractivity contribution < 1.29 is 13.9 Å². The SMILES string of the molecule is CCCCOc1ccc(-c2nn(-c3ccccc3)cc2/C=C(\C#N)C(=O)NCc2ccco2)c(C)c1. The third kappa shape index (κ3) is 5.91. The molecule has 2 aromatic heterocycles. The molecule has 36 heavy (non-hydrogen) atoms. The molecule has 1 amide bonds. The quantitative estimate of drug-likeness (QED) is 0.175. The van der Waals surface area contributed by atoms with Gasteiger partial charge in [0.1, 0.15) is 28.8 Å². The molecule has 0 aliphatic heterocycles. The first-order valence-electron chi connectivity index (χ1n) is 11.9. The molecule has 1 N–H and O–H groups in total. The maximum absolute atomic E-state index is 12.7. The molecule has 0 unspecified atom stereocenters. The summed E-state index contributed by atoms with van der Waals surface area (Å²) in [5, 5.41) is 17.3. The molecule has 7 nitrogen and oxygen atoms in total. The van der Waals surface area contributed by atoms with Crippen LogP contribution in [-0.4, -0.2) is 22.3 Å². The largest absolute Gasteiger partial charge is 0.494 e. The van der Waals surface area contributed by atoms with Gasteiger partial charge in [0.15, 0.2) is 0 Å². The molecule has 0 radical (unpaired) electrons. The molecule has 0 saturated carbocycles. The van der Waals surface area contributed by atoms with Gasteiger partial charge in [-0.3, -0.25) is 4.79 Å². The molecule has 4 rings (SSSR count). The lowest BCUT2D eigenvalue weighted by Crippen LogP contribution is -2.23. The minimum absolute atomic E-state index is 0.0208. The van der Waals surface area contributed by atoms with Crippen LogP contribution in [-0.2, 0) is 11.3 Å². The van der Waals surface area contributed by atoms with E-state index in [-0.39, 0.29) is 12.1 Å². The topological polar surface area (TPSA) is 93.1 Å². The van der Waals surface area contributed by atoms with E-state index < -0.39 is 5.91 Å². The van der Waals surface area contributed by atoms with Gasteiger partial charge in [-0.1, -0.05) is 31.5 Å². The number of aryl methyl sites for hydroxylation is 1. The summed E-state index contributed by atoms with van der Waals surface area (Å²) in [4.78, 5) is 12.7. The molecule has 182 valence electrons. The van der Waals surface area contributed by atoms with Crippen LogP contribution in [0.15, 0.2) is 83.1 Å². The van der Waals surface area contributed by atoms with E-state index in [2.05, 4.69) is 12.2 Å². The Morgan fingerprint density at radius 1 is 1.19 bits per heavy atom. The summed E-state index contributed by atoms with van der Waals surface area (Å²) >= 11 is 0. The summed E-state index contributed by atoms with van der Waals surface area (Å²) in [6.07, 6.45) is 7.00. The van der Waals surface area contributed by atoms with Crippen LogP contribution >= 0.6 is 0 Å². The molecule has 0 spiro atoms. The summed E-state index contributed by atoms with van der Waals surface area (Å²) in [5.74, 6) is 0.929. The maximum Gasteiger partial charge on any atom is 0.262 e. The average Bonchev–Trinajstić information content (AvgIpc) is 3.57. The van der Waals surface area contributed by atoms with E-state index in [1.165, 1.54) is 6.26 Å². The van der Waals surface area contributed by atoms with Gasteiger partial charge in [-0.15, -0.1) is 0 Å². The lowest BCUT2D eigenvalue weighted by molar-refractivity contribution is -0.117. The number of rotatable bonds is 10. The van der Waals surface area contributed by atoms with Crippen LogP contribution < -0.4 is 10.1 Å². The summed E-state index contributed by atoms with van der Waals surface area (Å²) in [6.45, 7) is 4.99. The van der Waals surface area contributed by atoms with E-state index in [1.807, 2.05) is 67.7 Å². The van der Waals surface area contributed by atoms with Crippen molar-refractivity contribution in [2.24, 2.45) is 0 Å². The Kier molecular flexibility index (Phi) is 7.99. The molecule has 0 aliphatic rings. The number of amides is 1. The number of carbonyl (C=O) groups is 1. The van der Waals surface area contributed by atoms with Crippen molar-refractivity contribution in [3.05, 3.63) is 95.6 Å². The van der Waals surface area contributed by atoms with Gasteiger partial charge >= 0.3 is 0 Å². The molecule has 2 heterocycles. The number of hydrogen-bond donors (Lipinski definition) is 1. The van der Waals surface area contributed by atoms with Crippen LogP contribution in [0.25, 0.3) is 23.0 Å². The van der Waals surface area contributed by atoms with Gasteiger partial charge in [0.2, 0.25) is 0 Å². The highest BCUT2D eigenvalue weighted by atomic mass is 16.5. The highest BCUT2D eigenvalue weighted by Gasteiger charge is 2.17. The Balaban J connectivity index is 1.69. The summed E-state index contributed by atoms with van der Waals surface area (Å²) < 4.78 is 12.9. The fraction of sp³-hybridized carbons (Fsp3) is 0.207. The van der Waals surface area contributed by atoms with E-state index in [9.17, 15) is 10.1 Å². The van der Waals surface area contributed by atoms with Gasteiger partial charge in [0.05, 0.1) is 25.1 Å². The Morgan fingerprint density at radius 3 is 2.72 bits per heavy atom. The normalized spacial score (nSPS) is 11.2. The number of benzene rings is 2. The Morgan fingerprint density at radius 2 is 2.03 bits per heavy atom. The van der Waals surface area contributed by atoms with E-state index >= 15 is 0 Å². The second kappa shape index (κ2) is 11.7. The predicted octanol–water partition coefficient (Wildman–Crippen LogP) is 5.84.